The van der Waals surface area contributed by atoms with Crippen LogP contribution in [0.4, 0.5) is 16.2 Å². The first-order valence-electron chi connectivity index (χ1n) is 8.50. The van der Waals surface area contributed by atoms with Crippen molar-refractivity contribution in [3.05, 3.63) is 59.7 Å². The van der Waals surface area contributed by atoms with E-state index in [1.807, 2.05) is 62.4 Å². The number of nitrogens with one attached hydrogen (secondary N) is 2. The minimum absolute atomic E-state index is 0.106. The monoisotopic (exact) mass is 337 g/mol. The largest absolute Gasteiger partial charge is 0.338 e. The molecule has 0 radical (unpaired) electrons. The fourth-order valence-electron chi connectivity index (χ4n) is 2.94. The van der Waals surface area contributed by atoms with Crippen molar-refractivity contribution in [2.45, 2.75) is 20.3 Å². The van der Waals surface area contributed by atoms with Crippen molar-refractivity contribution in [1.29, 1.82) is 0 Å². The summed E-state index contributed by atoms with van der Waals surface area (Å²) in [6, 6.07) is 15.3. The van der Waals surface area contributed by atoms with E-state index >= 15 is 0 Å². The second-order valence-corrected chi connectivity index (χ2v) is 6.61. The molecule has 25 heavy (non-hydrogen) atoms. The number of aryl methyl sites for hydroxylation is 2. The van der Waals surface area contributed by atoms with Crippen molar-refractivity contribution < 1.29 is 9.59 Å². The van der Waals surface area contributed by atoms with Gasteiger partial charge in [-0.2, -0.15) is 0 Å². The molecule has 1 heterocycles. The number of benzene rings is 2. The number of rotatable bonds is 4. The lowest BCUT2D eigenvalue weighted by Crippen LogP contribution is -2.34. The van der Waals surface area contributed by atoms with E-state index in [4.69, 9.17) is 0 Å². The zero-order chi connectivity index (χ0) is 17.8. The average molecular weight is 337 g/mol. The second-order valence-electron chi connectivity index (χ2n) is 6.61. The van der Waals surface area contributed by atoms with E-state index in [1.165, 1.54) is 5.56 Å². The van der Waals surface area contributed by atoms with Crippen LogP contribution in [0.1, 0.15) is 17.5 Å². The molecule has 1 unspecified atom stereocenters. The number of carbonyl (C=O) groups excluding carboxylic acids is 2. The number of anilines is 2. The molecule has 5 nitrogen and oxygen atoms in total. The molecule has 130 valence electrons. The van der Waals surface area contributed by atoms with Crippen molar-refractivity contribution in [3.8, 4) is 0 Å². The molecule has 1 saturated heterocycles. The molecular weight excluding hydrogens is 314 g/mol. The van der Waals surface area contributed by atoms with Crippen molar-refractivity contribution in [3.63, 3.8) is 0 Å². The first kappa shape index (κ1) is 17.0. The van der Waals surface area contributed by atoms with Crippen molar-refractivity contribution in [2.75, 3.05) is 23.3 Å². The van der Waals surface area contributed by atoms with Crippen LogP contribution in [0.15, 0.2) is 48.5 Å². The van der Waals surface area contributed by atoms with Gasteiger partial charge in [0.25, 0.3) is 0 Å². The van der Waals surface area contributed by atoms with E-state index in [-0.39, 0.29) is 17.9 Å². The van der Waals surface area contributed by atoms with Crippen LogP contribution < -0.4 is 15.5 Å². The molecule has 1 aliphatic rings. The topological polar surface area (TPSA) is 61.4 Å². The molecule has 2 N–H and O–H groups in total. The third-order valence-corrected chi connectivity index (χ3v) is 4.41. The average Bonchev–Trinajstić information content (AvgIpc) is 2.97. The Bertz CT molecular complexity index is 754. The molecule has 0 spiro atoms. The van der Waals surface area contributed by atoms with E-state index < -0.39 is 0 Å². The Kier molecular flexibility index (Phi) is 5.03. The molecule has 1 aliphatic heterocycles. The molecule has 2 aromatic carbocycles. The highest BCUT2D eigenvalue weighted by molar-refractivity contribution is 5.96. The highest BCUT2D eigenvalue weighted by atomic mass is 16.2. The van der Waals surface area contributed by atoms with Gasteiger partial charge in [0.15, 0.2) is 0 Å². The van der Waals surface area contributed by atoms with E-state index in [1.54, 1.807) is 4.90 Å². The molecule has 0 bridgehead atoms. The SMILES string of the molecule is Cc1ccc(NC(=O)NCC2CC(=O)N(c3ccc(C)cc3)C2)cc1. The minimum atomic E-state index is -0.245. The van der Waals surface area contributed by atoms with Crippen LogP contribution in [0.2, 0.25) is 0 Å². The van der Waals surface area contributed by atoms with Gasteiger partial charge < -0.3 is 15.5 Å². The Morgan fingerprint density at radius 3 is 2.28 bits per heavy atom. The summed E-state index contributed by atoms with van der Waals surface area (Å²) < 4.78 is 0. The Balaban J connectivity index is 1.50. The number of hydrogen-bond donors (Lipinski definition) is 2. The summed E-state index contributed by atoms with van der Waals surface area (Å²) >= 11 is 0. The maximum absolute atomic E-state index is 12.2. The van der Waals surface area contributed by atoms with Gasteiger partial charge in [-0.1, -0.05) is 35.4 Å². The first-order chi connectivity index (χ1) is 12.0. The molecule has 3 rings (SSSR count). The second kappa shape index (κ2) is 7.38. The molecule has 5 heteroatoms. The zero-order valence-corrected chi connectivity index (χ0v) is 14.6. The molecule has 0 saturated carbocycles. The van der Waals surface area contributed by atoms with E-state index in [2.05, 4.69) is 10.6 Å². The lowest BCUT2D eigenvalue weighted by Gasteiger charge is -2.17. The summed E-state index contributed by atoms with van der Waals surface area (Å²) in [4.78, 5) is 26.0. The summed E-state index contributed by atoms with van der Waals surface area (Å²) in [7, 11) is 0. The highest BCUT2D eigenvalue weighted by Crippen LogP contribution is 2.25. The van der Waals surface area contributed by atoms with Crippen LogP contribution in [-0.4, -0.2) is 25.0 Å². The fourth-order valence-corrected chi connectivity index (χ4v) is 2.94. The number of hydrogen-bond acceptors (Lipinski definition) is 2. The zero-order valence-electron chi connectivity index (χ0n) is 14.6. The first-order valence-corrected chi connectivity index (χ1v) is 8.50. The van der Waals surface area contributed by atoms with Gasteiger partial charge >= 0.3 is 6.03 Å². The predicted molar refractivity (Wildman–Crippen MR) is 99.8 cm³/mol. The highest BCUT2D eigenvalue weighted by Gasteiger charge is 2.30. The van der Waals surface area contributed by atoms with Gasteiger partial charge in [-0.25, -0.2) is 4.79 Å². The number of nitrogens with zero attached hydrogens (tertiary/aromatic N) is 1. The van der Waals surface area contributed by atoms with Crippen LogP contribution in [-0.2, 0) is 4.79 Å². The standard InChI is InChI=1S/C20H23N3O2/c1-14-3-7-17(8-4-14)22-20(25)21-12-16-11-19(24)23(13-16)18-9-5-15(2)6-10-18/h3-10,16H,11-13H2,1-2H3,(H2,21,22,25). The van der Waals surface area contributed by atoms with Crippen LogP contribution >= 0.6 is 0 Å². The number of carbonyl (C=O) groups is 2. The molecule has 0 aliphatic carbocycles. The van der Waals surface area contributed by atoms with Crippen molar-refractivity contribution in [1.82, 2.24) is 5.32 Å². The Morgan fingerprint density at radius 1 is 1.04 bits per heavy atom. The van der Waals surface area contributed by atoms with Crippen LogP contribution in [0.3, 0.4) is 0 Å². The molecular formula is C20H23N3O2. The molecule has 1 fully saturated rings. The Labute approximate surface area is 148 Å². The smallest absolute Gasteiger partial charge is 0.319 e. The van der Waals surface area contributed by atoms with Crippen LogP contribution in [0.25, 0.3) is 0 Å². The van der Waals surface area contributed by atoms with Crippen LogP contribution in [0, 0.1) is 19.8 Å². The van der Waals surface area contributed by atoms with Crippen molar-refractivity contribution in [2.24, 2.45) is 5.92 Å². The van der Waals surface area contributed by atoms with E-state index in [9.17, 15) is 9.59 Å². The maximum Gasteiger partial charge on any atom is 0.319 e. The summed E-state index contributed by atoms with van der Waals surface area (Å²) in [5, 5.41) is 5.67. The third kappa shape index (κ3) is 4.38. The normalized spacial score (nSPS) is 16.8. The van der Waals surface area contributed by atoms with Crippen molar-refractivity contribution >= 4 is 23.3 Å². The Morgan fingerprint density at radius 2 is 1.64 bits per heavy atom. The van der Waals surface area contributed by atoms with E-state index in [0.29, 0.717) is 19.5 Å². The van der Waals surface area contributed by atoms with Gasteiger partial charge in [-0.3, -0.25) is 4.79 Å². The van der Waals surface area contributed by atoms with Gasteiger partial charge in [0.1, 0.15) is 0 Å². The quantitative estimate of drug-likeness (QED) is 0.897. The predicted octanol–water partition coefficient (Wildman–Crippen LogP) is 3.48. The number of urea groups is 1. The molecule has 2 aromatic rings. The molecule has 1 atom stereocenters. The third-order valence-electron chi connectivity index (χ3n) is 4.41. The number of amides is 3. The molecule has 3 amide bonds. The van der Waals surface area contributed by atoms with Gasteiger partial charge in [0.05, 0.1) is 0 Å². The lowest BCUT2D eigenvalue weighted by atomic mass is 10.1. The lowest BCUT2D eigenvalue weighted by molar-refractivity contribution is -0.117. The van der Waals surface area contributed by atoms with Gasteiger partial charge in [-0.15, -0.1) is 0 Å². The van der Waals surface area contributed by atoms with E-state index in [0.717, 1.165) is 16.9 Å². The summed E-state index contributed by atoms with van der Waals surface area (Å²) in [6.45, 7) is 5.13. The van der Waals surface area contributed by atoms with Gasteiger partial charge in [0, 0.05) is 36.8 Å². The van der Waals surface area contributed by atoms with Gasteiger partial charge in [-0.05, 0) is 38.1 Å². The summed E-state index contributed by atoms with van der Waals surface area (Å²) in [6.07, 6.45) is 0.457. The Hall–Kier alpha value is -2.82. The maximum atomic E-state index is 12.2. The minimum Gasteiger partial charge on any atom is -0.338 e. The van der Waals surface area contributed by atoms with Crippen LogP contribution in [0.5, 0.6) is 0 Å². The van der Waals surface area contributed by atoms with Gasteiger partial charge in [0.2, 0.25) is 5.91 Å². The fraction of sp³-hybridized carbons (Fsp3) is 0.300. The summed E-state index contributed by atoms with van der Waals surface area (Å²) in [5.74, 6) is 0.229. The summed E-state index contributed by atoms with van der Waals surface area (Å²) in [5.41, 5.74) is 3.99. The molecule has 0 aromatic heterocycles.